The minimum absolute atomic E-state index is 0.435. The van der Waals surface area contributed by atoms with Gasteiger partial charge >= 0.3 is 0 Å². The molecule has 0 unspecified atom stereocenters. The first-order chi connectivity index (χ1) is 7.43. The second-order valence-electron chi connectivity index (χ2n) is 4.23. The SMILES string of the molecule is C1CC(c2noc(C3CNC3)n2)CCO1. The number of rotatable bonds is 2. The monoisotopic (exact) mass is 209 g/mol. The van der Waals surface area contributed by atoms with Gasteiger partial charge in [0.1, 0.15) is 0 Å². The lowest BCUT2D eigenvalue weighted by Crippen LogP contribution is -2.40. The molecule has 3 heterocycles. The smallest absolute Gasteiger partial charge is 0.232 e. The Kier molecular flexibility index (Phi) is 2.42. The fourth-order valence-electron chi connectivity index (χ4n) is 2.00. The topological polar surface area (TPSA) is 60.2 Å². The molecule has 5 nitrogen and oxygen atoms in total. The van der Waals surface area contributed by atoms with Crippen molar-refractivity contribution < 1.29 is 9.26 Å². The summed E-state index contributed by atoms with van der Waals surface area (Å²) in [6.07, 6.45) is 2.03. The van der Waals surface area contributed by atoms with Crippen molar-refractivity contribution in [3.8, 4) is 0 Å². The van der Waals surface area contributed by atoms with Gasteiger partial charge in [-0.05, 0) is 12.8 Å². The van der Waals surface area contributed by atoms with Crippen LogP contribution < -0.4 is 5.32 Å². The van der Waals surface area contributed by atoms with E-state index in [1.807, 2.05) is 0 Å². The highest BCUT2D eigenvalue weighted by Gasteiger charge is 2.27. The van der Waals surface area contributed by atoms with E-state index in [0.717, 1.165) is 50.9 Å². The summed E-state index contributed by atoms with van der Waals surface area (Å²) in [7, 11) is 0. The average molecular weight is 209 g/mol. The van der Waals surface area contributed by atoms with Crippen molar-refractivity contribution in [1.82, 2.24) is 15.5 Å². The van der Waals surface area contributed by atoms with Gasteiger partial charge in [0.15, 0.2) is 5.82 Å². The number of hydrogen-bond donors (Lipinski definition) is 1. The number of nitrogens with one attached hydrogen (secondary N) is 1. The molecule has 0 radical (unpaired) electrons. The second kappa shape index (κ2) is 3.90. The Morgan fingerprint density at radius 3 is 2.60 bits per heavy atom. The lowest BCUT2D eigenvalue weighted by Gasteiger charge is -2.23. The molecular formula is C10H15N3O2. The highest BCUT2D eigenvalue weighted by molar-refractivity contribution is 5.04. The van der Waals surface area contributed by atoms with Gasteiger partial charge in [0.05, 0.1) is 5.92 Å². The molecule has 0 atom stereocenters. The zero-order valence-electron chi connectivity index (χ0n) is 8.61. The van der Waals surface area contributed by atoms with Crippen LogP contribution in [0.3, 0.4) is 0 Å². The molecule has 5 heteroatoms. The summed E-state index contributed by atoms with van der Waals surface area (Å²) in [5.74, 6) is 2.55. The second-order valence-corrected chi connectivity index (χ2v) is 4.23. The van der Waals surface area contributed by atoms with Crippen molar-refractivity contribution in [2.75, 3.05) is 26.3 Å². The fraction of sp³-hybridized carbons (Fsp3) is 0.800. The number of nitrogens with zero attached hydrogens (tertiary/aromatic N) is 2. The number of ether oxygens (including phenoxy) is 1. The molecule has 0 aromatic carbocycles. The minimum Gasteiger partial charge on any atom is -0.381 e. The van der Waals surface area contributed by atoms with Crippen LogP contribution in [0.15, 0.2) is 4.52 Å². The van der Waals surface area contributed by atoms with E-state index >= 15 is 0 Å². The van der Waals surface area contributed by atoms with E-state index in [-0.39, 0.29) is 0 Å². The maximum Gasteiger partial charge on any atom is 0.232 e. The van der Waals surface area contributed by atoms with Crippen molar-refractivity contribution in [2.24, 2.45) is 0 Å². The van der Waals surface area contributed by atoms with Crippen LogP contribution in [0.2, 0.25) is 0 Å². The molecule has 2 saturated heterocycles. The standard InChI is InChI=1S/C10H15N3O2/c1-3-14-4-2-7(1)9-12-10(15-13-9)8-5-11-6-8/h7-8,11H,1-6H2. The Balaban J connectivity index is 1.71. The molecule has 2 aliphatic rings. The van der Waals surface area contributed by atoms with Crippen molar-refractivity contribution >= 4 is 0 Å². The molecule has 3 rings (SSSR count). The summed E-state index contributed by atoms with van der Waals surface area (Å²) in [4.78, 5) is 4.48. The maximum absolute atomic E-state index is 5.31. The summed E-state index contributed by atoms with van der Waals surface area (Å²) < 4.78 is 10.6. The van der Waals surface area contributed by atoms with Crippen LogP contribution in [-0.4, -0.2) is 36.4 Å². The van der Waals surface area contributed by atoms with Crippen LogP contribution in [0.4, 0.5) is 0 Å². The van der Waals surface area contributed by atoms with E-state index in [9.17, 15) is 0 Å². The third-order valence-corrected chi connectivity index (χ3v) is 3.17. The highest BCUT2D eigenvalue weighted by Crippen LogP contribution is 2.26. The van der Waals surface area contributed by atoms with Crippen LogP contribution in [0, 0.1) is 0 Å². The fourth-order valence-corrected chi connectivity index (χ4v) is 2.00. The van der Waals surface area contributed by atoms with E-state index < -0.39 is 0 Å². The van der Waals surface area contributed by atoms with E-state index in [2.05, 4.69) is 15.5 Å². The molecule has 2 aliphatic heterocycles. The Morgan fingerprint density at radius 2 is 1.93 bits per heavy atom. The van der Waals surface area contributed by atoms with Gasteiger partial charge in [0.25, 0.3) is 0 Å². The Bertz CT molecular complexity index is 329. The van der Waals surface area contributed by atoms with Crippen LogP contribution in [0.25, 0.3) is 0 Å². The molecule has 0 spiro atoms. The van der Waals surface area contributed by atoms with Crippen LogP contribution in [-0.2, 0) is 4.74 Å². The van der Waals surface area contributed by atoms with E-state index in [1.165, 1.54) is 0 Å². The van der Waals surface area contributed by atoms with Crippen LogP contribution in [0.5, 0.6) is 0 Å². The molecule has 2 fully saturated rings. The van der Waals surface area contributed by atoms with E-state index in [0.29, 0.717) is 11.8 Å². The Morgan fingerprint density at radius 1 is 1.13 bits per heavy atom. The molecule has 0 aliphatic carbocycles. The Hall–Kier alpha value is -0.940. The van der Waals surface area contributed by atoms with E-state index in [4.69, 9.17) is 9.26 Å². The third kappa shape index (κ3) is 1.77. The molecule has 0 saturated carbocycles. The lowest BCUT2D eigenvalue weighted by molar-refractivity contribution is 0.0830. The van der Waals surface area contributed by atoms with Crippen molar-refractivity contribution in [2.45, 2.75) is 24.7 Å². The molecule has 0 bridgehead atoms. The summed E-state index contributed by atoms with van der Waals surface area (Å²) in [6, 6.07) is 0. The number of aromatic nitrogens is 2. The lowest BCUT2D eigenvalue weighted by atomic mass is 9.99. The third-order valence-electron chi connectivity index (χ3n) is 3.17. The quantitative estimate of drug-likeness (QED) is 0.775. The summed E-state index contributed by atoms with van der Waals surface area (Å²) in [5.41, 5.74) is 0. The first-order valence-corrected chi connectivity index (χ1v) is 5.55. The Labute approximate surface area is 88.2 Å². The zero-order chi connectivity index (χ0) is 10.1. The normalized spacial score (nSPS) is 24.0. The van der Waals surface area contributed by atoms with Crippen molar-refractivity contribution in [3.05, 3.63) is 11.7 Å². The molecular weight excluding hydrogens is 194 g/mol. The molecule has 82 valence electrons. The summed E-state index contributed by atoms with van der Waals surface area (Å²) >= 11 is 0. The first kappa shape index (κ1) is 9.30. The summed E-state index contributed by atoms with van der Waals surface area (Å²) in [5, 5.41) is 7.27. The van der Waals surface area contributed by atoms with Gasteiger partial charge in [-0.3, -0.25) is 0 Å². The minimum atomic E-state index is 0.435. The predicted molar refractivity (Wildman–Crippen MR) is 52.7 cm³/mol. The maximum atomic E-state index is 5.31. The average Bonchev–Trinajstić information content (AvgIpc) is 2.66. The van der Waals surface area contributed by atoms with E-state index in [1.54, 1.807) is 0 Å². The first-order valence-electron chi connectivity index (χ1n) is 5.55. The highest BCUT2D eigenvalue weighted by atomic mass is 16.5. The largest absolute Gasteiger partial charge is 0.381 e. The van der Waals surface area contributed by atoms with Crippen molar-refractivity contribution in [3.63, 3.8) is 0 Å². The molecule has 0 amide bonds. The van der Waals surface area contributed by atoms with Gasteiger partial charge in [0, 0.05) is 32.2 Å². The van der Waals surface area contributed by atoms with Crippen molar-refractivity contribution in [1.29, 1.82) is 0 Å². The van der Waals surface area contributed by atoms with Crippen LogP contribution >= 0.6 is 0 Å². The zero-order valence-corrected chi connectivity index (χ0v) is 8.61. The van der Waals surface area contributed by atoms with Gasteiger partial charge in [-0.15, -0.1) is 0 Å². The number of hydrogen-bond acceptors (Lipinski definition) is 5. The predicted octanol–water partition coefficient (Wildman–Crippen LogP) is 0.650. The molecule has 1 aromatic rings. The van der Waals surface area contributed by atoms with Crippen LogP contribution in [0.1, 0.15) is 36.4 Å². The van der Waals surface area contributed by atoms with Gasteiger partial charge in [-0.1, -0.05) is 5.16 Å². The molecule has 15 heavy (non-hydrogen) atoms. The van der Waals surface area contributed by atoms with Gasteiger partial charge < -0.3 is 14.6 Å². The van der Waals surface area contributed by atoms with Gasteiger partial charge in [0.2, 0.25) is 5.89 Å². The summed E-state index contributed by atoms with van der Waals surface area (Å²) in [6.45, 7) is 3.57. The van der Waals surface area contributed by atoms with Gasteiger partial charge in [-0.25, -0.2) is 0 Å². The molecule has 1 N–H and O–H groups in total. The molecule has 1 aromatic heterocycles. The van der Waals surface area contributed by atoms with Gasteiger partial charge in [-0.2, -0.15) is 4.98 Å².